The third-order valence-corrected chi connectivity index (χ3v) is 5.53. The van der Waals surface area contributed by atoms with Crippen molar-refractivity contribution >= 4 is 90.2 Å². The molecule has 12 heteroatoms. The van der Waals surface area contributed by atoms with Gasteiger partial charge in [0.1, 0.15) is 0 Å². The van der Waals surface area contributed by atoms with E-state index in [1.807, 2.05) is 0 Å². The summed E-state index contributed by atoms with van der Waals surface area (Å²) >= 11 is 0. The molecule has 8 nitrogen and oxygen atoms in total. The third kappa shape index (κ3) is 6.23. The van der Waals surface area contributed by atoms with Gasteiger partial charge >= 0.3 is 90.2 Å². The molecule has 0 saturated carbocycles. The van der Waals surface area contributed by atoms with E-state index in [1.165, 1.54) is 0 Å². The van der Waals surface area contributed by atoms with Crippen LogP contribution < -0.4 is 5.73 Å². The van der Waals surface area contributed by atoms with Crippen LogP contribution in [0.15, 0.2) is 0 Å². The minimum atomic E-state index is -5.30. The van der Waals surface area contributed by atoms with Gasteiger partial charge in [0.2, 0.25) is 0 Å². The van der Waals surface area contributed by atoms with Gasteiger partial charge in [-0.1, -0.05) is 0 Å². The molecule has 0 radical (unpaired) electrons. The van der Waals surface area contributed by atoms with Crippen LogP contribution >= 0.6 is 15.2 Å². The van der Waals surface area contributed by atoms with Gasteiger partial charge in [0.15, 0.2) is 0 Å². The van der Waals surface area contributed by atoms with E-state index >= 15 is 0 Å². The average Bonchev–Trinajstić information content (AvgIpc) is 1.95. The molecule has 92 valence electrons. The predicted molar refractivity (Wildman–Crippen MR) is 63.0 cm³/mol. The van der Waals surface area contributed by atoms with E-state index in [2.05, 4.69) is 0 Å². The van der Waals surface area contributed by atoms with E-state index in [-0.39, 0.29) is 88.0 Å². The van der Waals surface area contributed by atoms with Crippen LogP contribution in [-0.2, 0) is 9.13 Å². The van der Waals surface area contributed by atoms with E-state index in [0.717, 1.165) is 0 Å². The zero-order valence-electron chi connectivity index (χ0n) is 7.15. The molecule has 16 heavy (non-hydrogen) atoms. The Morgan fingerprint density at radius 2 is 1.38 bits per heavy atom. The molecule has 0 aliphatic rings. The Kier molecular flexibility index (Phi) is 13.1. The van der Waals surface area contributed by atoms with Crippen molar-refractivity contribution in [3.63, 3.8) is 0 Å². The number of hydrogen-bond donors (Lipinski definition) is 6. The minimum absolute atomic E-state index is 0. The van der Waals surface area contributed by atoms with Gasteiger partial charge in [0.05, 0.1) is 0 Å². The van der Waals surface area contributed by atoms with E-state index in [4.69, 9.17) is 25.3 Å². The first-order chi connectivity index (χ1) is 6.06. The van der Waals surface area contributed by atoms with Crippen LogP contribution in [0, 0.1) is 0 Å². The molecule has 0 spiro atoms. The van der Waals surface area contributed by atoms with Crippen LogP contribution in [0.2, 0.25) is 0 Å². The molecule has 0 aromatic carbocycles. The Bertz CT molecular complexity index is 268. The summed E-state index contributed by atoms with van der Waals surface area (Å²) in [5.74, 6) is 0. The van der Waals surface area contributed by atoms with Gasteiger partial charge < -0.3 is 30.4 Å². The summed E-state index contributed by atoms with van der Waals surface area (Å²) in [6.07, 6.45) is -0.856. The van der Waals surface area contributed by atoms with Gasteiger partial charge in [-0.15, -0.1) is 0 Å². The van der Waals surface area contributed by atoms with Crippen LogP contribution in [0.1, 0.15) is 12.8 Å². The molecule has 0 atom stereocenters. The van der Waals surface area contributed by atoms with Crippen LogP contribution in [0.25, 0.3) is 0 Å². The second-order valence-electron chi connectivity index (χ2n) is 2.75. The van der Waals surface area contributed by atoms with Crippen molar-refractivity contribution in [3.8, 4) is 0 Å². The second kappa shape index (κ2) is 8.79. The summed E-state index contributed by atoms with van der Waals surface area (Å²) in [7, 11) is -10.6. The first-order valence-corrected chi connectivity index (χ1v) is 6.82. The van der Waals surface area contributed by atoms with Crippen LogP contribution in [-0.4, -0.2) is 111 Å². The fraction of sp³-hybridized carbons (Fsp3) is 1.00. The molecular weight excluding hydrogens is 347 g/mol. The van der Waals surface area contributed by atoms with Gasteiger partial charge in [0.25, 0.3) is 5.08 Å². The van der Waals surface area contributed by atoms with Gasteiger partial charge in [-0.25, -0.2) is 0 Å². The van der Waals surface area contributed by atoms with Crippen molar-refractivity contribution in [2.24, 2.45) is 5.73 Å². The Labute approximate surface area is 152 Å². The molecule has 0 aromatic rings. The number of nitrogens with two attached hydrogens (primary N) is 1. The maximum atomic E-state index is 10.7. The number of hydrogen-bond acceptors (Lipinski definition) is 4. The van der Waals surface area contributed by atoms with Crippen molar-refractivity contribution in [1.29, 1.82) is 0 Å². The first kappa shape index (κ1) is 23.8. The van der Waals surface area contributed by atoms with Gasteiger partial charge in [-0.3, -0.25) is 9.13 Å². The second-order valence-corrected chi connectivity index (χ2v) is 6.76. The van der Waals surface area contributed by atoms with E-state index in [1.54, 1.807) is 0 Å². The standard InChI is InChI=1S/C4H13NO7P2.Na.Sr.3H/c5-3-1-2-4(6,13(7,8)9)14(10,11)12;;;;;/h6H,1-3,5H2,(H2,7,8,9)(H2,10,11,12);;;;;. The molecule has 0 aliphatic carbocycles. The fourth-order valence-corrected chi connectivity index (χ4v) is 3.06. The molecule has 0 unspecified atom stereocenters. The van der Waals surface area contributed by atoms with Crippen molar-refractivity contribution in [1.82, 2.24) is 0 Å². The molecule has 0 amide bonds. The predicted octanol–water partition coefficient (Wildman–Crippen LogP) is -2.84. The van der Waals surface area contributed by atoms with Crippen LogP contribution in [0.3, 0.4) is 0 Å². The molecule has 0 heterocycles. The fourth-order valence-electron chi connectivity index (χ4n) is 0.800. The van der Waals surface area contributed by atoms with Crippen LogP contribution in [0.4, 0.5) is 0 Å². The Balaban J connectivity index is -0.000000845. The molecular formula is C4H16NNaO7P2Sr. The summed E-state index contributed by atoms with van der Waals surface area (Å²) in [6.45, 7) is -0.0394. The normalized spacial score (nSPS) is 12.6. The third-order valence-electron chi connectivity index (χ3n) is 1.65. The maximum absolute atomic E-state index is 10.7. The SMILES string of the molecule is NCCCC(O)(P(=O)(O)O)P(=O)(O)O.[NaH].[SrH2]. The zero-order chi connectivity index (χ0) is 11.6. The topological polar surface area (TPSA) is 161 Å². The summed E-state index contributed by atoms with van der Waals surface area (Å²) in [5, 5.41) is 5.91. The Hall–Kier alpha value is 2.70. The van der Waals surface area contributed by atoms with E-state index in [0.29, 0.717) is 0 Å². The van der Waals surface area contributed by atoms with Gasteiger partial charge in [0, 0.05) is 6.42 Å². The Morgan fingerprint density at radius 1 is 1.06 bits per heavy atom. The molecule has 0 rings (SSSR count). The van der Waals surface area contributed by atoms with E-state index < -0.39 is 26.7 Å². The molecule has 0 saturated heterocycles. The van der Waals surface area contributed by atoms with Crippen molar-refractivity contribution in [3.05, 3.63) is 0 Å². The summed E-state index contributed by atoms with van der Waals surface area (Å²) in [4.78, 5) is 34.5. The molecule has 7 N–H and O–H groups in total. The van der Waals surface area contributed by atoms with Gasteiger partial charge in [-0.05, 0) is 13.0 Å². The van der Waals surface area contributed by atoms with E-state index in [9.17, 15) is 14.2 Å². The molecule has 0 bridgehead atoms. The summed E-state index contributed by atoms with van der Waals surface area (Å²) < 4.78 is 21.4. The molecule has 0 fully saturated rings. The number of aliphatic hydroxyl groups is 1. The van der Waals surface area contributed by atoms with Crippen molar-refractivity contribution in [2.75, 3.05) is 6.54 Å². The zero-order valence-corrected chi connectivity index (χ0v) is 8.93. The quantitative estimate of drug-likeness (QED) is 0.225. The first-order valence-electron chi connectivity index (χ1n) is 3.60. The molecule has 0 aromatic heterocycles. The summed E-state index contributed by atoms with van der Waals surface area (Å²) in [6, 6.07) is 0. The van der Waals surface area contributed by atoms with Crippen molar-refractivity contribution in [2.45, 2.75) is 17.9 Å². The number of rotatable bonds is 5. The Morgan fingerprint density at radius 3 is 1.56 bits per heavy atom. The monoisotopic (exact) mass is 363 g/mol. The van der Waals surface area contributed by atoms with Crippen LogP contribution in [0.5, 0.6) is 0 Å². The van der Waals surface area contributed by atoms with Crippen molar-refractivity contribution < 1.29 is 33.8 Å². The summed E-state index contributed by atoms with van der Waals surface area (Å²) in [5.41, 5.74) is 5.01. The molecule has 0 aliphatic heterocycles. The average molecular weight is 363 g/mol. The van der Waals surface area contributed by atoms with Gasteiger partial charge in [-0.2, -0.15) is 0 Å².